The van der Waals surface area contributed by atoms with Crippen molar-refractivity contribution < 1.29 is 19.1 Å². The number of amides is 3. The number of rotatable bonds is 12. The summed E-state index contributed by atoms with van der Waals surface area (Å²) < 4.78 is 7.19. The lowest BCUT2D eigenvalue weighted by molar-refractivity contribution is -0.137. The number of methoxy groups -OCH3 is 1. The number of nitrogens with two attached hydrogens (primary N) is 1. The van der Waals surface area contributed by atoms with Gasteiger partial charge in [0.25, 0.3) is 5.91 Å². The fraction of sp³-hybridized carbons (Fsp3) is 0.485. The molecule has 0 spiro atoms. The first-order chi connectivity index (χ1) is 20.0. The topological polar surface area (TPSA) is 119 Å². The number of benzene rings is 1. The van der Waals surface area contributed by atoms with Crippen LogP contribution >= 0.6 is 0 Å². The summed E-state index contributed by atoms with van der Waals surface area (Å²) in [6, 6.07) is 8.53. The maximum absolute atomic E-state index is 13.9. The molecule has 0 bridgehead atoms. The molecule has 2 aromatic rings. The average molecular weight is 576 g/mol. The van der Waals surface area contributed by atoms with Crippen LogP contribution in [0.5, 0.6) is 5.75 Å². The van der Waals surface area contributed by atoms with Gasteiger partial charge in [0.15, 0.2) is 0 Å². The molecule has 1 saturated heterocycles. The minimum Gasteiger partial charge on any atom is -0.497 e. The van der Waals surface area contributed by atoms with Gasteiger partial charge >= 0.3 is 0 Å². The number of likely N-dealkylation sites (tertiary alicyclic amines) is 1. The highest BCUT2D eigenvalue weighted by molar-refractivity contribution is 5.98. The molecule has 0 radical (unpaired) electrons. The second-order valence-corrected chi connectivity index (χ2v) is 12.0. The molecule has 4 N–H and O–H groups in total. The largest absolute Gasteiger partial charge is 0.497 e. The third kappa shape index (κ3) is 7.31. The highest BCUT2D eigenvalue weighted by Crippen LogP contribution is 2.33. The molecule has 2 unspecified atom stereocenters. The quantitative estimate of drug-likeness (QED) is 0.345. The molecule has 2 heterocycles. The van der Waals surface area contributed by atoms with Crippen molar-refractivity contribution in [2.75, 3.05) is 25.5 Å². The van der Waals surface area contributed by atoms with Crippen molar-refractivity contribution >= 4 is 23.4 Å². The number of aromatic nitrogens is 1. The molecule has 226 valence electrons. The van der Waals surface area contributed by atoms with Gasteiger partial charge in [-0.3, -0.25) is 14.4 Å². The third-order valence-corrected chi connectivity index (χ3v) is 8.18. The van der Waals surface area contributed by atoms with Crippen LogP contribution < -0.4 is 21.1 Å². The van der Waals surface area contributed by atoms with E-state index in [1.807, 2.05) is 46.9 Å². The van der Waals surface area contributed by atoms with Gasteiger partial charge in [0.1, 0.15) is 17.3 Å². The molecule has 1 aliphatic carbocycles. The summed E-state index contributed by atoms with van der Waals surface area (Å²) in [5.41, 5.74) is 6.48. The summed E-state index contributed by atoms with van der Waals surface area (Å²) >= 11 is 0. The Morgan fingerprint density at radius 1 is 1.05 bits per heavy atom. The van der Waals surface area contributed by atoms with E-state index in [1.165, 1.54) is 5.57 Å². The first-order valence-corrected chi connectivity index (χ1v) is 14.9. The normalized spacial score (nSPS) is 17.3. The number of allylic oxidation sites excluding steroid dienone is 4. The van der Waals surface area contributed by atoms with Gasteiger partial charge in [-0.05, 0) is 89.5 Å². The number of anilines is 1. The van der Waals surface area contributed by atoms with Gasteiger partial charge in [-0.1, -0.05) is 35.9 Å². The predicted octanol–water partition coefficient (Wildman–Crippen LogP) is 4.49. The van der Waals surface area contributed by atoms with Crippen molar-refractivity contribution in [1.29, 1.82) is 0 Å². The van der Waals surface area contributed by atoms with Gasteiger partial charge in [0.2, 0.25) is 11.8 Å². The van der Waals surface area contributed by atoms with Crippen molar-refractivity contribution in [1.82, 2.24) is 14.8 Å². The Kier molecular flexibility index (Phi) is 9.93. The fourth-order valence-electron chi connectivity index (χ4n) is 5.48. The van der Waals surface area contributed by atoms with E-state index < -0.39 is 17.1 Å². The lowest BCUT2D eigenvalue weighted by Gasteiger charge is -2.34. The number of ether oxygens (including phenoxy) is 1. The smallest absolute Gasteiger partial charge is 0.253 e. The zero-order valence-electron chi connectivity index (χ0n) is 25.3. The number of carbonyl (C=O) groups is 3. The lowest BCUT2D eigenvalue weighted by Crippen LogP contribution is -2.54. The highest BCUT2D eigenvalue weighted by Gasteiger charge is 2.41. The predicted molar refractivity (Wildman–Crippen MR) is 165 cm³/mol. The van der Waals surface area contributed by atoms with Crippen LogP contribution in [-0.2, 0) is 19.9 Å². The van der Waals surface area contributed by atoms with Crippen LogP contribution in [0.15, 0.2) is 66.5 Å². The van der Waals surface area contributed by atoms with Crippen molar-refractivity contribution in [3.63, 3.8) is 0 Å². The Bertz CT molecular complexity index is 1310. The van der Waals surface area contributed by atoms with Gasteiger partial charge in [-0.25, -0.2) is 0 Å². The second-order valence-electron chi connectivity index (χ2n) is 12.0. The van der Waals surface area contributed by atoms with E-state index >= 15 is 0 Å². The Morgan fingerprint density at radius 2 is 1.76 bits per heavy atom. The van der Waals surface area contributed by atoms with Crippen LogP contribution in [0.25, 0.3) is 0 Å². The molecule has 9 nitrogen and oxygen atoms in total. The Balaban J connectivity index is 1.54. The summed E-state index contributed by atoms with van der Waals surface area (Å²) in [6.07, 6.45) is 16.2. The van der Waals surface area contributed by atoms with E-state index in [1.54, 1.807) is 33.2 Å². The minimum absolute atomic E-state index is 0.0000255. The lowest BCUT2D eigenvalue weighted by atomic mass is 9.90. The highest BCUT2D eigenvalue weighted by atomic mass is 16.5. The number of hydrogen-bond donors (Lipinski definition) is 3. The molecule has 3 amide bonds. The Hall–Kier alpha value is -3.85. The van der Waals surface area contributed by atoms with Crippen LogP contribution in [0.3, 0.4) is 0 Å². The van der Waals surface area contributed by atoms with Crippen LogP contribution in [-0.4, -0.2) is 59.0 Å². The molecule has 1 aliphatic heterocycles. The molecule has 0 saturated carbocycles. The van der Waals surface area contributed by atoms with Crippen LogP contribution in [0.2, 0.25) is 0 Å². The van der Waals surface area contributed by atoms with E-state index in [0.29, 0.717) is 17.9 Å². The first kappa shape index (κ1) is 31.1. The molecule has 42 heavy (non-hydrogen) atoms. The first-order valence-electron chi connectivity index (χ1n) is 14.9. The van der Waals surface area contributed by atoms with E-state index in [2.05, 4.69) is 28.9 Å². The monoisotopic (exact) mass is 575 g/mol. The zero-order chi connectivity index (χ0) is 30.3. The van der Waals surface area contributed by atoms with Gasteiger partial charge in [-0.2, -0.15) is 0 Å². The van der Waals surface area contributed by atoms with E-state index in [9.17, 15) is 14.4 Å². The van der Waals surface area contributed by atoms with E-state index in [0.717, 1.165) is 57.2 Å². The molecule has 1 aromatic carbocycles. The van der Waals surface area contributed by atoms with E-state index in [4.69, 9.17) is 10.5 Å². The van der Waals surface area contributed by atoms with Gasteiger partial charge in [-0.15, -0.1) is 0 Å². The number of carbonyl (C=O) groups excluding carboxylic acids is 3. The van der Waals surface area contributed by atoms with Crippen LogP contribution in [0, 0.1) is 0 Å². The van der Waals surface area contributed by atoms with Crippen molar-refractivity contribution in [3.05, 3.63) is 72.1 Å². The van der Waals surface area contributed by atoms with Crippen molar-refractivity contribution in [2.24, 2.45) is 5.73 Å². The van der Waals surface area contributed by atoms with Crippen LogP contribution in [0.1, 0.15) is 71.3 Å². The SMILES string of the molecule is COc1ccc(C(C)(C(=O)N2CCCC2)n2ccc(NC(=O)C(CCCC3=CCCC=C3)NC(=O)C(C)(C)N)c2)cc1. The summed E-state index contributed by atoms with van der Waals surface area (Å²) in [7, 11) is 1.61. The maximum Gasteiger partial charge on any atom is 0.253 e. The third-order valence-electron chi connectivity index (χ3n) is 8.18. The van der Waals surface area contributed by atoms with Gasteiger partial charge in [0.05, 0.1) is 18.3 Å². The van der Waals surface area contributed by atoms with Crippen molar-refractivity contribution in [2.45, 2.75) is 82.8 Å². The molecular formula is C33H45N5O4. The van der Waals surface area contributed by atoms with E-state index in [-0.39, 0.29) is 17.7 Å². The molecule has 9 heteroatoms. The summed E-state index contributed by atoms with van der Waals surface area (Å²) in [6.45, 7) is 6.59. The van der Waals surface area contributed by atoms with Crippen LogP contribution in [0.4, 0.5) is 5.69 Å². The number of nitrogens with one attached hydrogen (secondary N) is 2. The maximum atomic E-state index is 13.9. The summed E-state index contributed by atoms with van der Waals surface area (Å²) in [5.74, 6) is -0.00410. The molecular weight excluding hydrogens is 530 g/mol. The zero-order valence-corrected chi connectivity index (χ0v) is 25.3. The molecule has 1 aromatic heterocycles. The molecule has 2 aliphatic rings. The number of nitrogens with zero attached hydrogens (tertiary/aromatic N) is 2. The van der Waals surface area contributed by atoms with Gasteiger partial charge < -0.3 is 30.6 Å². The summed E-state index contributed by atoms with van der Waals surface area (Å²) in [5, 5.41) is 5.82. The molecule has 4 rings (SSSR count). The molecule has 1 fully saturated rings. The molecule has 2 atom stereocenters. The van der Waals surface area contributed by atoms with Gasteiger partial charge in [0, 0.05) is 25.5 Å². The fourth-order valence-corrected chi connectivity index (χ4v) is 5.48. The minimum atomic E-state index is -1.12. The average Bonchev–Trinajstić information content (AvgIpc) is 3.69. The second kappa shape index (κ2) is 13.4. The Labute approximate surface area is 249 Å². The number of hydrogen-bond acceptors (Lipinski definition) is 5. The summed E-state index contributed by atoms with van der Waals surface area (Å²) in [4.78, 5) is 42.1. The standard InChI is InChI=1S/C33H45N5O4/c1-32(2,34)30(40)36-28(14-10-13-24-11-6-5-7-12-24)29(39)35-26-19-22-38(23-26)33(3,31(41)37-20-8-9-21-37)25-15-17-27(42-4)18-16-25/h6,11-12,15-19,22-23,28H,5,7-10,13-14,20-21,34H2,1-4H3,(H,35,39)(H,36,40). The van der Waals surface area contributed by atoms with Crippen molar-refractivity contribution in [3.8, 4) is 5.75 Å². The Morgan fingerprint density at radius 3 is 2.38 bits per heavy atom.